The van der Waals surface area contributed by atoms with E-state index in [1.807, 2.05) is 6.92 Å². The lowest BCUT2D eigenvalue weighted by molar-refractivity contribution is -0.152. The highest BCUT2D eigenvalue weighted by Gasteiger charge is 2.46. The molecule has 2 fully saturated rings. The maximum Gasteiger partial charge on any atom is 0.329 e. The summed E-state index contributed by atoms with van der Waals surface area (Å²) in [4.78, 5) is 25.5. The van der Waals surface area contributed by atoms with Crippen LogP contribution in [0.15, 0.2) is 0 Å². The van der Waals surface area contributed by atoms with E-state index in [0.29, 0.717) is 32.6 Å². The minimum Gasteiger partial charge on any atom is -0.480 e. The zero-order chi connectivity index (χ0) is 13.9. The molecule has 6 nitrogen and oxygen atoms in total. The number of aliphatic carboxylic acids is 1. The molecular formula is C13H22N2O4. The Labute approximate surface area is 113 Å². The van der Waals surface area contributed by atoms with Gasteiger partial charge in [0.15, 0.2) is 0 Å². The second kappa shape index (κ2) is 5.88. The van der Waals surface area contributed by atoms with Crippen molar-refractivity contribution < 1.29 is 19.4 Å². The standard InChI is InChI=1S/C13H22N2O4/c1-10(9-15-5-7-19-8-6-15)11(16)14-13(12(17)18)3-2-4-13/h10H,2-9H2,1H3,(H,14,16)(H,17,18)/t10-/m0/s1. The van der Waals surface area contributed by atoms with Crippen LogP contribution in [0.25, 0.3) is 0 Å². The lowest BCUT2D eigenvalue weighted by Crippen LogP contribution is -2.60. The molecule has 0 aromatic rings. The molecule has 1 saturated carbocycles. The number of ether oxygens (including phenoxy) is 1. The van der Waals surface area contributed by atoms with Gasteiger partial charge in [0, 0.05) is 25.6 Å². The summed E-state index contributed by atoms with van der Waals surface area (Å²) in [7, 11) is 0. The van der Waals surface area contributed by atoms with E-state index in [0.717, 1.165) is 19.5 Å². The first-order valence-electron chi connectivity index (χ1n) is 6.89. The summed E-state index contributed by atoms with van der Waals surface area (Å²) in [5, 5.41) is 11.9. The van der Waals surface area contributed by atoms with Gasteiger partial charge in [-0.15, -0.1) is 0 Å². The fraction of sp³-hybridized carbons (Fsp3) is 0.846. The third-order valence-electron chi connectivity index (χ3n) is 4.06. The van der Waals surface area contributed by atoms with Gasteiger partial charge in [0.1, 0.15) is 5.54 Å². The SMILES string of the molecule is C[C@@H](CN1CCOCC1)C(=O)NC1(C(=O)O)CCC1. The lowest BCUT2D eigenvalue weighted by atomic mass is 9.76. The average Bonchev–Trinajstić information content (AvgIpc) is 2.34. The topological polar surface area (TPSA) is 78.9 Å². The van der Waals surface area contributed by atoms with Gasteiger partial charge in [-0.05, 0) is 19.3 Å². The Morgan fingerprint density at radius 2 is 2.00 bits per heavy atom. The average molecular weight is 270 g/mol. The zero-order valence-corrected chi connectivity index (χ0v) is 11.4. The predicted octanol–water partition coefficient (Wildman–Crippen LogP) is 0.0782. The van der Waals surface area contributed by atoms with E-state index >= 15 is 0 Å². The molecule has 2 aliphatic rings. The minimum absolute atomic E-state index is 0.159. The normalized spacial score (nSPS) is 24.3. The summed E-state index contributed by atoms with van der Waals surface area (Å²) in [6, 6.07) is 0. The third-order valence-corrected chi connectivity index (χ3v) is 4.06. The zero-order valence-electron chi connectivity index (χ0n) is 11.4. The van der Waals surface area contributed by atoms with Crippen LogP contribution in [0.2, 0.25) is 0 Å². The van der Waals surface area contributed by atoms with Crippen molar-refractivity contribution in [1.82, 2.24) is 10.2 Å². The summed E-state index contributed by atoms with van der Waals surface area (Å²) in [5.74, 6) is -1.27. The Hall–Kier alpha value is -1.14. The molecule has 0 bridgehead atoms. The van der Waals surface area contributed by atoms with Crippen molar-refractivity contribution in [1.29, 1.82) is 0 Å². The molecule has 1 aliphatic heterocycles. The largest absolute Gasteiger partial charge is 0.480 e. The number of carbonyl (C=O) groups is 2. The smallest absolute Gasteiger partial charge is 0.329 e. The van der Waals surface area contributed by atoms with Crippen molar-refractivity contribution in [2.45, 2.75) is 31.7 Å². The number of rotatable bonds is 5. The van der Waals surface area contributed by atoms with Crippen molar-refractivity contribution in [3.63, 3.8) is 0 Å². The Morgan fingerprint density at radius 3 is 2.47 bits per heavy atom. The van der Waals surface area contributed by atoms with Crippen molar-refractivity contribution in [3.8, 4) is 0 Å². The first-order chi connectivity index (χ1) is 9.03. The molecule has 0 aromatic carbocycles. The molecule has 2 rings (SSSR count). The molecule has 0 radical (unpaired) electrons. The molecule has 2 N–H and O–H groups in total. The van der Waals surface area contributed by atoms with Crippen LogP contribution in [0.1, 0.15) is 26.2 Å². The fourth-order valence-corrected chi connectivity index (χ4v) is 2.54. The number of amides is 1. The van der Waals surface area contributed by atoms with Gasteiger partial charge in [-0.3, -0.25) is 9.69 Å². The quantitative estimate of drug-likeness (QED) is 0.739. The Kier molecular flexibility index (Phi) is 4.42. The van der Waals surface area contributed by atoms with Crippen molar-refractivity contribution in [3.05, 3.63) is 0 Å². The van der Waals surface area contributed by atoms with E-state index in [1.54, 1.807) is 0 Å². The maximum absolute atomic E-state index is 12.1. The van der Waals surface area contributed by atoms with Crippen LogP contribution in [0, 0.1) is 5.92 Å². The van der Waals surface area contributed by atoms with E-state index in [9.17, 15) is 14.7 Å². The van der Waals surface area contributed by atoms with Gasteiger partial charge in [0.05, 0.1) is 13.2 Å². The van der Waals surface area contributed by atoms with Crippen molar-refractivity contribution in [2.75, 3.05) is 32.8 Å². The van der Waals surface area contributed by atoms with Gasteiger partial charge in [-0.25, -0.2) is 4.79 Å². The summed E-state index contributed by atoms with van der Waals surface area (Å²) in [6.07, 6.45) is 1.95. The van der Waals surface area contributed by atoms with Gasteiger partial charge in [-0.2, -0.15) is 0 Å². The van der Waals surface area contributed by atoms with Gasteiger partial charge in [0.2, 0.25) is 5.91 Å². The van der Waals surface area contributed by atoms with E-state index in [-0.39, 0.29) is 11.8 Å². The number of carbonyl (C=O) groups excluding carboxylic acids is 1. The fourth-order valence-electron chi connectivity index (χ4n) is 2.54. The predicted molar refractivity (Wildman–Crippen MR) is 68.8 cm³/mol. The number of carboxylic acid groups (broad SMARTS) is 1. The van der Waals surface area contributed by atoms with Crippen LogP contribution < -0.4 is 5.32 Å². The number of hydrogen-bond acceptors (Lipinski definition) is 4. The molecule has 19 heavy (non-hydrogen) atoms. The minimum atomic E-state index is -1.00. The number of nitrogens with one attached hydrogen (secondary N) is 1. The third kappa shape index (κ3) is 3.25. The van der Waals surface area contributed by atoms with Gasteiger partial charge in [0.25, 0.3) is 0 Å². The molecule has 1 aliphatic carbocycles. The lowest BCUT2D eigenvalue weighted by Gasteiger charge is -2.39. The maximum atomic E-state index is 12.1. The summed E-state index contributed by atoms with van der Waals surface area (Å²) < 4.78 is 5.26. The number of carboxylic acids is 1. The summed E-state index contributed by atoms with van der Waals surface area (Å²) in [5.41, 5.74) is -1.00. The van der Waals surface area contributed by atoms with Gasteiger partial charge >= 0.3 is 5.97 Å². The van der Waals surface area contributed by atoms with Crippen LogP contribution in [0.4, 0.5) is 0 Å². The van der Waals surface area contributed by atoms with E-state index in [2.05, 4.69) is 10.2 Å². The molecule has 0 unspecified atom stereocenters. The van der Waals surface area contributed by atoms with Crippen LogP contribution in [0.3, 0.4) is 0 Å². The number of hydrogen-bond donors (Lipinski definition) is 2. The first-order valence-corrected chi connectivity index (χ1v) is 6.89. The van der Waals surface area contributed by atoms with Gasteiger partial charge in [-0.1, -0.05) is 6.92 Å². The molecule has 1 heterocycles. The first kappa shape index (κ1) is 14.3. The molecule has 1 saturated heterocycles. The van der Waals surface area contributed by atoms with Crippen molar-refractivity contribution >= 4 is 11.9 Å². The Bertz CT molecular complexity index is 349. The summed E-state index contributed by atoms with van der Waals surface area (Å²) >= 11 is 0. The molecular weight excluding hydrogens is 248 g/mol. The highest BCUT2D eigenvalue weighted by Crippen LogP contribution is 2.32. The summed E-state index contributed by atoms with van der Waals surface area (Å²) in [6.45, 7) is 5.58. The molecule has 6 heteroatoms. The number of nitrogens with zero attached hydrogens (tertiary/aromatic N) is 1. The highest BCUT2D eigenvalue weighted by atomic mass is 16.5. The van der Waals surface area contributed by atoms with Crippen LogP contribution in [-0.2, 0) is 14.3 Å². The Morgan fingerprint density at radius 1 is 1.37 bits per heavy atom. The van der Waals surface area contributed by atoms with E-state index in [4.69, 9.17) is 4.74 Å². The molecule has 0 aromatic heterocycles. The van der Waals surface area contributed by atoms with E-state index < -0.39 is 11.5 Å². The van der Waals surface area contributed by atoms with Crippen LogP contribution in [-0.4, -0.2) is 60.3 Å². The molecule has 1 atom stereocenters. The highest BCUT2D eigenvalue weighted by molar-refractivity contribution is 5.88. The Balaban J connectivity index is 1.83. The van der Waals surface area contributed by atoms with Gasteiger partial charge < -0.3 is 15.2 Å². The monoisotopic (exact) mass is 270 g/mol. The van der Waals surface area contributed by atoms with Crippen molar-refractivity contribution in [2.24, 2.45) is 5.92 Å². The van der Waals surface area contributed by atoms with Crippen LogP contribution >= 0.6 is 0 Å². The second-order valence-corrected chi connectivity index (χ2v) is 5.54. The molecule has 1 amide bonds. The van der Waals surface area contributed by atoms with Crippen LogP contribution in [0.5, 0.6) is 0 Å². The molecule has 0 spiro atoms. The van der Waals surface area contributed by atoms with E-state index in [1.165, 1.54) is 0 Å². The number of morpholine rings is 1. The second-order valence-electron chi connectivity index (χ2n) is 5.54. The molecule has 108 valence electrons.